The normalized spacial score (nSPS) is 14.9. The fraction of sp³-hybridized carbons (Fsp3) is 0.480. The van der Waals surface area contributed by atoms with Gasteiger partial charge < -0.3 is 19.5 Å². The predicted molar refractivity (Wildman–Crippen MR) is 119 cm³/mol. The van der Waals surface area contributed by atoms with Crippen LogP contribution in [-0.2, 0) is 17.6 Å². The number of benzene rings is 2. The highest BCUT2D eigenvalue weighted by Crippen LogP contribution is 2.31. The molecule has 2 aromatic carbocycles. The van der Waals surface area contributed by atoms with Gasteiger partial charge in [0, 0.05) is 0 Å². The Morgan fingerprint density at radius 1 is 0.933 bits per heavy atom. The summed E-state index contributed by atoms with van der Waals surface area (Å²) in [7, 11) is 0. The molecule has 0 heterocycles. The third-order valence-electron chi connectivity index (χ3n) is 5.43. The van der Waals surface area contributed by atoms with Gasteiger partial charge in [-0.05, 0) is 94.3 Å². The maximum atomic E-state index is 12.7. The van der Waals surface area contributed by atoms with Gasteiger partial charge >= 0.3 is 0 Å². The molecule has 30 heavy (non-hydrogen) atoms. The average Bonchev–Trinajstić information content (AvgIpc) is 2.75. The monoisotopic (exact) mass is 411 g/mol. The van der Waals surface area contributed by atoms with Crippen LogP contribution in [0.1, 0.15) is 63.3 Å². The van der Waals surface area contributed by atoms with Crippen molar-refractivity contribution in [1.29, 1.82) is 0 Å². The van der Waals surface area contributed by atoms with Crippen molar-refractivity contribution >= 4 is 5.91 Å². The van der Waals surface area contributed by atoms with Gasteiger partial charge in [-0.25, -0.2) is 0 Å². The lowest BCUT2D eigenvalue weighted by atomic mass is 9.92. The van der Waals surface area contributed by atoms with Crippen LogP contribution in [0.5, 0.6) is 17.2 Å². The number of carbonyl (C=O) groups excluding carboxylic acids is 1. The van der Waals surface area contributed by atoms with E-state index in [2.05, 4.69) is 17.4 Å². The quantitative estimate of drug-likeness (QED) is 0.630. The van der Waals surface area contributed by atoms with E-state index in [1.165, 1.54) is 24.0 Å². The predicted octanol–water partition coefficient (Wildman–Crippen LogP) is 5.01. The Balaban J connectivity index is 1.62. The van der Waals surface area contributed by atoms with Crippen LogP contribution in [0, 0.1) is 0 Å². The summed E-state index contributed by atoms with van der Waals surface area (Å²) in [6, 6.07) is 11.8. The minimum Gasteiger partial charge on any atom is -0.490 e. The zero-order chi connectivity index (χ0) is 21.5. The van der Waals surface area contributed by atoms with Gasteiger partial charge in [-0.15, -0.1) is 0 Å². The molecule has 0 bridgehead atoms. The highest BCUT2D eigenvalue weighted by molar-refractivity contribution is 5.81. The van der Waals surface area contributed by atoms with Gasteiger partial charge in [0.15, 0.2) is 17.6 Å². The number of carbonyl (C=O) groups is 1. The Labute approximate surface area is 179 Å². The van der Waals surface area contributed by atoms with Crippen molar-refractivity contribution < 1.29 is 19.0 Å². The van der Waals surface area contributed by atoms with Crippen LogP contribution in [0.25, 0.3) is 0 Å². The fourth-order valence-electron chi connectivity index (χ4n) is 3.79. The molecule has 1 N–H and O–H groups in total. The molecule has 2 aromatic rings. The lowest BCUT2D eigenvalue weighted by molar-refractivity contribution is -0.127. The molecule has 5 heteroatoms. The first-order chi connectivity index (χ1) is 14.5. The molecule has 162 valence electrons. The summed E-state index contributed by atoms with van der Waals surface area (Å²) in [6.07, 6.45) is 4.11. The van der Waals surface area contributed by atoms with Crippen molar-refractivity contribution in [3.05, 3.63) is 53.1 Å². The van der Waals surface area contributed by atoms with Gasteiger partial charge in [-0.2, -0.15) is 0 Å². The summed E-state index contributed by atoms with van der Waals surface area (Å²) in [5, 5.41) is 3.04. The Bertz CT molecular complexity index is 864. The first-order valence-corrected chi connectivity index (χ1v) is 11.0. The Hall–Kier alpha value is -2.69. The van der Waals surface area contributed by atoms with E-state index in [0.29, 0.717) is 24.7 Å². The van der Waals surface area contributed by atoms with Crippen molar-refractivity contribution in [2.75, 3.05) is 13.2 Å². The number of amides is 1. The largest absolute Gasteiger partial charge is 0.490 e. The summed E-state index contributed by atoms with van der Waals surface area (Å²) in [5.41, 5.74) is 3.70. The summed E-state index contributed by atoms with van der Waals surface area (Å²) >= 11 is 0. The summed E-state index contributed by atoms with van der Waals surface area (Å²) in [6.45, 7) is 8.74. The summed E-state index contributed by atoms with van der Waals surface area (Å²) in [4.78, 5) is 12.7. The van der Waals surface area contributed by atoms with Gasteiger partial charge in [0.25, 0.3) is 5.91 Å². The lowest BCUT2D eigenvalue weighted by Gasteiger charge is -2.21. The maximum absolute atomic E-state index is 12.7. The molecule has 1 amide bonds. The standard InChI is InChI=1S/C25H33NO4/c1-5-28-23-14-12-20(16-24(23)29-6-2)17(3)26-25(27)18(4)30-22-13-11-19-9-7-8-10-21(19)15-22/h11-18H,5-10H2,1-4H3,(H,26,27)/t17-,18+/m0/s1. The van der Waals surface area contributed by atoms with Crippen LogP contribution in [0.3, 0.4) is 0 Å². The van der Waals surface area contributed by atoms with Crippen molar-refractivity contribution in [2.24, 2.45) is 0 Å². The summed E-state index contributed by atoms with van der Waals surface area (Å²) < 4.78 is 17.2. The minimum atomic E-state index is -0.580. The molecule has 0 spiro atoms. The third-order valence-corrected chi connectivity index (χ3v) is 5.43. The second-order valence-corrected chi connectivity index (χ2v) is 7.70. The van der Waals surface area contributed by atoms with E-state index in [1.807, 2.05) is 45.0 Å². The van der Waals surface area contributed by atoms with Crippen molar-refractivity contribution in [2.45, 2.75) is 65.5 Å². The van der Waals surface area contributed by atoms with Crippen LogP contribution in [0.4, 0.5) is 0 Å². The van der Waals surface area contributed by atoms with Gasteiger partial charge in [0.1, 0.15) is 5.75 Å². The number of aryl methyl sites for hydroxylation is 2. The Morgan fingerprint density at radius 3 is 2.37 bits per heavy atom. The first kappa shape index (κ1) is 22.0. The second-order valence-electron chi connectivity index (χ2n) is 7.70. The Kier molecular flexibility index (Phi) is 7.61. The van der Waals surface area contributed by atoms with E-state index in [4.69, 9.17) is 14.2 Å². The number of hydrogen-bond donors (Lipinski definition) is 1. The smallest absolute Gasteiger partial charge is 0.261 e. The molecule has 1 aliphatic rings. The van der Waals surface area contributed by atoms with Crippen LogP contribution in [0.15, 0.2) is 36.4 Å². The minimum absolute atomic E-state index is 0.146. The average molecular weight is 412 g/mol. The zero-order valence-electron chi connectivity index (χ0n) is 18.5. The lowest BCUT2D eigenvalue weighted by Crippen LogP contribution is -2.37. The van der Waals surface area contributed by atoms with E-state index in [9.17, 15) is 4.79 Å². The Morgan fingerprint density at radius 2 is 1.63 bits per heavy atom. The number of hydrogen-bond acceptors (Lipinski definition) is 4. The second kappa shape index (κ2) is 10.4. The number of nitrogens with one attached hydrogen (secondary N) is 1. The van der Waals surface area contributed by atoms with Crippen molar-refractivity contribution in [1.82, 2.24) is 5.32 Å². The number of rotatable bonds is 9. The molecule has 0 radical (unpaired) electrons. The molecule has 0 saturated carbocycles. The maximum Gasteiger partial charge on any atom is 0.261 e. The van der Waals surface area contributed by atoms with E-state index >= 15 is 0 Å². The first-order valence-electron chi connectivity index (χ1n) is 11.0. The molecular weight excluding hydrogens is 378 g/mol. The van der Waals surface area contributed by atoms with Crippen LogP contribution < -0.4 is 19.5 Å². The van der Waals surface area contributed by atoms with Gasteiger partial charge in [0.2, 0.25) is 0 Å². The van der Waals surface area contributed by atoms with Gasteiger partial charge in [-0.3, -0.25) is 4.79 Å². The highest BCUT2D eigenvalue weighted by atomic mass is 16.5. The van der Waals surface area contributed by atoms with E-state index in [-0.39, 0.29) is 11.9 Å². The molecule has 0 saturated heterocycles. The molecular formula is C25H33NO4. The molecule has 0 unspecified atom stereocenters. The van der Waals surface area contributed by atoms with Crippen LogP contribution in [-0.4, -0.2) is 25.2 Å². The van der Waals surface area contributed by atoms with E-state index in [1.54, 1.807) is 6.92 Å². The summed E-state index contributed by atoms with van der Waals surface area (Å²) in [5.74, 6) is 2.01. The third kappa shape index (κ3) is 5.47. The SMILES string of the molecule is CCOc1ccc([C@H](C)NC(=O)[C@@H](C)Oc2ccc3c(c2)CCCC3)cc1OCC. The van der Waals surface area contributed by atoms with Crippen molar-refractivity contribution in [3.8, 4) is 17.2 Å². The topological polar surface area (TPSA) is 56.8 Å². The molecule has 0 aromatic heterocycles. The molecule has 2 atom stereocenters. The number of fused-ring (bicyclic) bond motifs is 1. The van der Waals surface area contributed by atoms with Crippen LogP contribution in [0.2, 0.25) is 0 Å². The molecule has 1 aliphatic carbocycles. The molecule has 5 nitrogen and oxygen atoms in total. The van der Waals surface area contributed by atoms with Gasteiger partial charge in [-0.1, -0.05) is 12.1 Å². The molecule has 0 fully saturated rings. The van der Waals surface area contributed by atoms with E-state index in [0.717, 1.165) is 24.2 Å². The van der Waals surface area contributed by atoms with E-state index < -0.39 is 6.10 Å². The molecule has 0 aliphatic heterocycles. The number of ether oxygens (including phenoxy) is 3. The van der Waals surface area contributed by atoms with Crippen molar-refractivity contribution in [3.63, 3.8) is 0 Å². The van der Waals surface area contributed by atoms with Gasteiger partial charge in [0.05, 0.1) is 19.3 Å². The van der Waals surface area contributed by atoms with Crippen LogP contribution >= 0.6 is 0 Å². The highest BCUT2D eigenvalue weighted by Gasteiger charge is 2.20. The zero-order valence-corrected chi connectivity index (χ0v) is 18.5. The molecule has 3 rings (SSSR count). The fourth-order valence-corrected chi connectivity index (χ4v) is 3.79.